The fraction of sp³-hybridized carbons (Fsp3) is 0.200. The number of Topliss-reactive ketones (excluding diaryl/α,β-unsaturated/α-hetero) is 1. The first-order chi connectivity index (χ1) is 12.9. The van der Waals surface area contributed by atoms with E-state index < -0.39 is 23.5 Å². The third-order valence-electron chi connectivity index (χ3n) is 4.42. The fourth-order valence-corrected chi connectivity index (χ4v) is 3.28. The van der Waals surface area contributed by atoms with Gasteiger partial charge in [0.25, 0.3) is 5.91 Å². The standard InChI is InChI=1S/C20H17ClFNO4/c1-3-16(24)17-18(11-5-4-6-13(9-11)27-2)23(20(26)19(17)25)12-7-8-15(22)14(21)10-12/h4-10,18,25H,3H2,1-2H3. The molecule has 1 atom stereocenters. The summed E-state index contributed by atoms with van der Waals surface area (Å²) >= 11 is 5.87. The second kappa shape index (κ2) is 7.40. The van der Waals surface area contributed by atoms with Gasteiger partial charge in [0, 0.05) is 12.1 Å². The van der Waals surface area contributed by atoms with Crippen molar-refractivity contribution in [3.63, 3.8) is 0 Å². The molecule has 1 heterocycles. The minimum atomic E-state index is -0.874. The Hall–Kier alpha value is -2.86. The number of ketones is 1. The highest BCUT2D eigenvalue weighted by Gasteiger charge is 2.44. The predicted molar refractivity (Wildman–Crippen MR) is 99.6 cm³/mol. The Kier molecular flexibility index (Phi) is 5.19. The molecule has 27 heavy (non-hydrogen) atoms. The van der Waals surface area contributed by atoms with Gasteiger partial charge in [-0.25, -0.2) is 4.39 Å². The lowest BCUT2D eigenvalue weighted by Gasteiger charge is -2.27. The summed E-state index contributed by atoms with van der Waals surface area (Å²) in [5.41, 5.74) is 0.838. The van der Waals surface area contributed by atoms with Gasteiger partial charge < -0.3 is 9.84 Å². The molecule has 0 saturated carbocycles. The normalized spacial score (nSPS) is 16.8. The van der Waals surface area contributed by atoms with Crippen LogP contribution < -0.4 is 9.64 Å². The van der Waals surface area contributed by atoms with Gasteiger partial charge >= 0.3 is 0 Å². The molecule has 1 unspecified atom stereocenters. The maximum atomic E-state index is 13.6. The Morgan fingerprint density at radius 2 is 2.04 bits per heavy atom. The predicted octanol–water partition coefficient (Wildman–Crippen LogP) is 4.37. The molecule has 0 fully saturated rings. The molecule has 0 aliphatic carbocycles. The van der Waals surface area contributed by atoms with Crippen molar-refractivity contribution in [3.8, 4) is 5.75 Å². The molecule has 0 bridgehead atoms. The molecular formula is C20H17ClFNO4. The van der Waals surface area contributed by atoms with E-state index in [0.717, 1.165) is 6.07 Å². The van der Waals surface area contributed by atoms with Crippen molar-refractivity contribution in [3.05, 3.63) is 70.2 Å². The number of aliphatic hydroxyl groups is 1. The van der Waals surface area contributed by atoms with Crippen LogP contribution in [0.15, 0.2) is 53.8 Å². The molecule has 0 saturated heterocycles. The average Bonchev–Trinajstić information content (AvgIpc) is 2.94. The number of hydrogen-bond acceptors (Lipinski definition) is 4. The first-order valence-electron chi connectivity index (χ1n) is 8.28. The van der Waals surface area contributed by atoms with Gasteiger partial charge in [-0.1, -0.05) is 30.7 Å². The minimum Gasteiger partial charge on any atom is -0.503 e. The Morgan fingerprint density at radius 1 is 1.30 bits per heavy atom. The number of ether oxygens (including phenoxy) is 1. The number of aliphatic hydroxyl groups excluding tert-OH is 1. The van der Waals surface area contributed by atoms with Crippen LogP contribution in [0.4, 0.5) is 10.1 Å². The van der Waals surface area contributed by atoms with Crippen LogP contribution in [0.1, 0.15) is 24.9 Å². The van der Waals surface area contributed by atoms with Crippen molar-refractivity contribution in [2.45, 2.75) is 19.4 Å². The number of nitrogens with zero attached hydrogens (tertiary/aromatic N) is 1. The van der Waals surface area contributed by atoms with E-state index in [1.165, 1.54) is 24.1 Å². The number of hydrogen-bond donors (Lipinski definition) is 1. The molecule has 1 aliphatic rings. The van der Waals surface area contributed by atoms with Crippen LogP contribution in [0.5, 0.6) is 5.75 Å². The van der Waals surface area contributed by atoms with Gasteiger partial charge in [0.05, 0.1) is 23.7 Å². The molecular weight excluding hydrogens is 373 g/mol. The van der Waals surface area contributed by atoms with Crippen LogP contribution >= 0.6 is 11.6 Å². The molecule has 5 nitrogen and oxygen atoms in total. The highest BCUT2D eigenvalue weighted by Crippen LogP contribution is 2.42. The molecule has 1 aliphatic heterocycles. The quantitative estimate of drug-likeness (QED) is 0.824. The van der Waals surface area contributed by atoms with Crippen LogP contribution in [0.3, 0.4) is 0 Å². The van der Waals surface area contributed by atoms with Gasteiger partial charge in [-0.05, 0) is 35.9 Å². The molecule has 140 valence electrons. The van der Waals surface area contributed by atoms with Gasteiger partial charge in [-0.15, -0.1) is 0 Å². The topological polar surface area (TPSA) is 66.8 Å². The first kappa shape index (κ1) is 18.9. The minimum absolute atomic E-state index is 0.00352. The summed E-state index contributed by atoms with van der Waals surface area (Å²) in [5.74, 6) is -1.82. The fourth-order valence-electron chi connectivity index (χ4n) is 3.11. The smallest absolute Gasteiger partial charge is 0.294 e. The summed E-state index contributed by atoms with van der Waals surface area (Å²) in [7, 11) is 1.50. The third-order valence-corrected chi connectivity index (χ3v) is 4.71. The Labute approximate surface area is 160 Å². The zero-order chi connectivity index (χ0) is 19.7. The molecule has 3 rings (SSSR count). The van der Waals surface area contributed by atoms with Gasteiger partial charge in [-0.2, -0.15) is 0 Å². The molecule has 1 N–H and O–H groups in total. The number of carbonyl (C=O) groups excluding carboxylic acids is 2. The monoisotopic (exact) mass is 389 g/mol. The molecule has 2 aromatic carbocycles. The van der Waals surface area contributed by atoms with Crippen molar-refractivity contribution in [2.75, 3.05) is 12.0 Å². The summed E-state index contributed by atoms with van der Waals surface area (Å²) < 4.78 is 18.8. The van der Waals surface area contributed by atoms with E-state index in [1.54, 1.807) is 31.2 Å². The lowest BCUT2D eigenvalue weighted by atomic mass is 9.94. The summed E-state index contributed by atoms with van der Waals surface area (Å²) in [6.07, 6.45) is 0.116. The first-order valence-corrected chi connectivity index (χ1v) is 8.65. The molecule has 2 aromatic rings. The number of benzene rings is 2. The summed E-state index contributed by atoms with van der Waals surface area (Å²) in [6.45, 7) is 1.65. The molecule has 7 heteroatoms. The maximum absolute atomic E-state index is 13.6. The van der Waals surface area contributed by atoms with E-state index in [-0.39, 0.29) is 28.5 Å². The van der Waals surface area contributed by atoms with Crippen LogP contribution in [0.2, 0.25) is 5.02 Å². The van der Waals surface area contributed by atoms with Crippen LogP contribution in [-0.2, 0) is 9.59 Å². The maximum Gasteiger partial charge on any atom is 0.294 e. The van der Waals surface area contributed by atoms with Crippen molar-refractivity contribution >= 4 is 29.0 Å². The molecule has 0 aromatic heterocycles. The third kappa shape index (κ3) is 3.28. The molecule has 0 radical (unpaired) electrons. The number of anilines is 1. The number of rotatable bonds is 5. The van der Waals surface area contributed by atoms with E-state index in [4.69, 9.17) is 16.3 Å². The van der Waals surface area contributed by atoms with Gasteiger partial charge in [0.1, 0.15) is 11.6 Å². The van der Waals surface area contributed by atoms with Crippen LogP contribution in [-0.4, -0.2) is 23.9 Å². The Balaban J connectivity index is 2.20. The van der Waals surface area contributed by atoms with Crippen molar-refractivity contribution < 1.29 is 23.8 Å². The van der Waals surface area contributed by atoms with Crippen LogP contribution in [0.25, 0.3) is 0 Å². The molecule has 1 amide bonds. The van der Waals surface area contributed by atoms with E-state index in [9.17, 15) is 19.1 Å². The zero-order valence-corrected chi connectivity index (χ0v) is 15.5. The van der Waals surface area contributed by atoms with Crippen LogP contribution in [0, 0.1) is 5.82 Å². The van der Waals surface area contributed by atoms with Crippen molar-refractivity contribution in [1.82, 2.24) is 0 Å². The van der Waals surface area contributed by atoms with Gasteiger partial charge in [0.15, 0.2) is 11.5 Å². The number of halogens is 2. The van der Waals surface area contributed by atoms with Crippen molar-refractivity contribution in [2.24, 2.45) is 0 Å². The average molecular weight is 390 g/mol. The van der Waals surface area contributed by atoms with E-state index in [2.05, 4.69) is 0 Å². The summed E-state index contributed by atoms with van der Waals surface area (Å²) in [6, 6.07) is 9.76. The van der Waals surface area contributed by atoms with Gasteiger partial charge in [0.2, 0.25) is 0 Å². The van der Waals surface area contributed by atoms with Gasteiger partial charge in [-0.3, -0.25) is 14.5 Å². The number of amides is 1. The zero-order valence-electron chi connectivity index (χ0n) is 14.7. The number of carbonyl (C=O) groups is 2. The summed E-state index contributed by atoms with van der Waals surface area (Å²) in [4.78, 5) is 26.5. The highest BCUT2D eigenvalue weighted by atomic mass is 35.5. The van der Waals surface area contributed by atoms with Crippen molar-refractivity contribution in [1.29, 1.82) is 0 Å². The Morgan fingerprint density at radius 3 is 2.67 bits per heavy atom. The highest BCUT2D eigenvalue weighted by molar-refractivity contribution is 6.31. The van der Waals surface area contributed by atoms with E-state index in [0.29, 0.717) is 11.3 Å². The largest absolute Gasteiger partial charge is 0.503 e. The Bertz CT molecular complexity index is 957. The van der Waals surface area contributed by atoms with E-state index >= 15 is 0 Å². The lowest BCUT2D eigenvalue weighted by molar-refractivity contribution is -0.118. The molecule has 0 spiro atoms. The second-order valence-corrected chi connectivity index (χ2v) is 6.40. The van der Waals surface area contributed by atoms with E-state index in [1.807, 2.05) is 0 Å². The second-order valence-electron chi connectivity index (χ2n) is 5.99. The number of methoxy groups -OCH3 is 1. The SMILES string of the molecule is CCC(=O)C1=C(O)C(=O)N(c2ccc(F)c(Cl)c2)C1c1cccc(OC)c1. The summed E-state index contributed by atoms with van der Waals surface area (Å²) in [5, 5.41) is 10.2. The lowest BCUT2D eigenvalue weighted by Crippen LogP contribution is -2.31.